The van der Waals surface area contributed by atoms with Crippen LogP contribution < -0.4 is 10.9 Å². The van der Waals surface area contributed by atoms with Crippen molar-refractivity contribution in [2.45, 2.75) is 25.8 Å². The molecule has 0 unspecified atom stereocenters. The summed E-state index contributed by atoms with van der Waals surface area (Å²) >= 11 is 1.42. The van der Waals surface area contributed by atoms with Crippen LogP contribution in [0.4, 0.5) is 5.13 Å². The molecule has 0 spiro atoms. The van der Waals surface area contributed by atoms with Gasteiger partial charge < -0.3 is 4.57 Å². The molecule has 122 valence electrons. The van der Waals surface area contributed by atoms with Crippen LogP contribution in [0.25, 0.3) is 0 Å². The predicted molar refractivity (Wildman–Crippen MR) is 90.9 cm³/mol. The van der Waals surface area contributed by atoms with Crippen LogP contribution in [0.3, 0.4) is 0 Å². The van der Waals surface area contributed by atoms with Crippen molar-refractivity contribution in [3.05, 3.63) is 45.3 Å². The van der Waals surface area contributed by atoms with Crippen molar-refractivity contribution in [2.24, 2.45) is 7.05 Å². The lowest BCUT2D eigenvalue weighted by molar-refractivity contribution is 0.102. The molecular weight excluding hydrogens is 312 g/mol. The second-order valence-corrected chi connectivity index (χ2v) is 6.66. The van der Waals surface area contributed by atoms with Gasteiger partial charge in [-0.15, -0.1) is 11.3 Å². The molecule has 3 rings (SSSR count). The third kappa shape index (κ3) is 4.05. The molecule has 2 aromatic rings. The topological polar surface area (TPSA) is 67.2 Å². The van der Waals surface area contributed by atoms with E-state index >= 15 is 0 Å². The third-order valence-electron chi connectivity index (χ3n) is 3.97. The van der Waals surface area contributed by atoms with Gasteiger partial charge in [0.05, 0.1) is 5.69 Å². The van der Waals surface area contributed by atoms with Gasteiger partial charge in [0.2, 0.25) is 0 Å². The molecule has 3 heterocycles. The minimum Gasteiger partial charge on any atom is -0.319 e. The highest BCUT2D eigenvalue weighted by Gasteiger charge is 2.14. The van der Waals surface area contributed by atoms with E-state index in [0.29, 0.717) is 10.7 Å². The first kappa shape index (κ1) is 15.9. The highest BCUT2D eigenvalue weighted by atomic mass is 32.1. The van der Waals surface area contributed by atoms with Crippen LogP contribution in [0.2, 0.25) is 0 Å². The van der Waals surface area contributed by atoms with E-state index in [9.17, 15) is 9.59 Å². The Bertz CT molecular complexity index is 747. The Morgan fingerprint density at radius 1 is 1.35 bits per heavy atom. The number of amides is 1. The molecule has 2 aromatic heterocycles. The summed E-state index contributed by atoms with van der Waals surface area (Å²) in [5.41, 5.74) is 1.12. The number of hydrogen-bond acceptors (Lipinski definition) is 5. The van der Waals surface area contributed by atoms with Crippen LogP contribution in [0, 0.1) is 0 Å². The average molecular weight is 332 g/mol. The summed E-state index contributed by atoms with van der Waals surface area (Å²) in [6, 6.07) is 2.95. The molecule has 0 saturated carbocycles. The molecule has 6 nitrogen and oxygen atoms in total. The summed E-state index contributed by atoms with van der Waals surface area (Å²) in [7, 11) is 1.65. The van der Waals surface area contributed by atoms with Crippen LogP contribution >= 0.6 is 11.3 Å². The molecule has 1 saturated heterocycles. The van der Waals surface area contributed by atoms with Crippen LogP contribution in [0.5, 0.6) is 0 Å². The zero-order chi connectivity index (χ0) is 16.2. The van der Waals surface area contributed by atoms with Gasteiger partial charge in [-0.2, -0.15) is 0 Å². The van der Waals surface area contributed by atoms with Gasteiger partial charge in [0, 0.05) is 36.8 Å². The Kier molecular flexibility index (Phi) is 4.88. The molecule has 1 fully saturated rings. The molecule has 0 aliphatic carbocycles. The summed E-state index contributed by atoms with van der Waals surface area (Å²) in [5.74, 6) is -0.304. The Labute approximate surface area is 138 Å². The SMILES string of the molecule is Cn1ccc(C(=O)Nc2nc(CN3CCCCC3)cs2)cc1=O. The van der Waals surface area contributed by atoms with Crippen molar-refractivity contribution >= 4 is 22.4 Å². The highest BCUT2D eigenvalue weighted by Crippen LogP contribution is 2.19. The van der Waals surface area contributed by atoms with E-state index in [0.717, 1.165) is 25.3 Å². The number of thiazole rings is 1. The van der Waals surface area contributed by atoms with Crippen molar-refractivity contribution in [3.8, 4) is 0 Å². The molecule has 7 heteroatoms. The zero-order valence-electron chi connectivity index (χ0n) is 13.1. The molecule has 1 N–H and O–H groups in total. The summed E-state index contributed by atoms with van der Waals surface area (Å²) < 4.78 is 1.43. The van der Waals surface area contributed by atoms with Gasteiger partial charge in [0.25, 0.3) is 11.5 Å². The van der Waals surface area contributed by atoms with E-state index < -0.39 is 0 Å². The molecular formula is C16H20N4O2S. The number of carbonyl (C=O) groups excluding carboxylic acids is 1. The first-order valence-electron chi connectivity index (χ1n) is 7.76. The lowest BCUT2D eigenvalue weighted by Crippen LogP contribution is -2.29. The van der Waals surface area contributed by atoms with Gasteiger partial charge >= 0.3 is 0 Å². The molecule has 0 aromatic carbocycles. The van der Waals surface area contributed by atoms with Crippen molar-refractivity contribution in [2.75, 3.05) is 18.4 Å². The number of anilines is 1. The normalized spacial score (nSPS) is 15.5. The number of aryl methyl sites for hydroxylation is 1. The van der Waals surface area contributed by atoms with E-state index in [1.807, 2.05) is 5.38 Å². The summed E-state index contributed by atoms with van der Waals surface area (Å²) in [4.78, 5) is 30.6. The number of aromatic nitrogens is 2. The van der Waals surface area contributed by atoms with Gasteiger partial charge in [-0.25, -0.2) is 4.98 Å². The van der Waals surface area contributed by atoms with Crippen LogP contribution in [0.15, 0.2) is 28.5 Å². The fourth-order valence-corrected chi connectivity index (χ4v) is 3.34. The number of pyridine rings is 1. The maximum Gasteiger partial charge on any atom is 0.257 e. The van der Waals surface area contributed by atoms with Crippen LogP contribution in [-0.4, -0.2) is 33.4 Å². The minimum atomic E-state index is -0.304. The largest absolute Gasteiger partial charge is 0.319 e. The maximum atomic E-state index is 12.2. The monoisotopic (exact) mass is 332 g/mol. The van der Waals surface area contributed by atoms with Gasteiger partial charge in [0.1, 0.15) is 0 Å². The lowest BCUT2D eigenvalue weighted by Gasteiger charge is -2.25. The Balaban J connectivity index is 1.62. The van der Waals surface area contributed by atoms with Crippen LogP contribution in [-0.2, 0) is 13.6 Å². The predicted octanol–water partition coefficient (Wildman–Crippen LogP) is 2.08. The summed E-state index contributed by atoms with van der Waals surface area (Å²) in [5, 5.41) is 5.32. The van der Waals surface area contributed by atoms with Crippen molar-refractivity contribution in [3.63, 3.8) is 0 Å². The lowest BCUT2D eigenvalue weighted by atomic mass is 10.1. The fraction of sp³-hybridized carbons (Fsp3) is 0.438. The first-order chi connectivity index (χ1) is 11.1. The van der Waals surface area contributed by atoms with Crippen molar-refractivity contribution in [1.29, 1.82) is 0 Å². The average Bonchev–Trinajstić information content (AvgIpc) is 2.98. The quantitative estimate of drug-likeness (QED) is 0.931. The second kappa shape index (κ2) is 7.06. The maximum absolute atomic E-state index is 12.2. The number of piperidine rings is 1. The molecule has 1 amide bonds. The van der Waals surface area contributed by atoms with E-state index in [2.05, 4.69) is 15.2 Å². The second-order valence-electron chi connectivity index (χ2n) is 5.80. The van der Waals surface area contributed by atoms with E-state index in [1.54, 1.807) is 19.3 Å². The van der Waals surface area contributed by atoms with E-state index in [1.165, 1.54) is 41.2 Å². The van der Waals surface area contributed by atoms with Crippen LogP contribution in [0.1, 0.15) is 35.3 Å². The molecule has 0 radical (unpaired) electrons. The standard InChI is InChI=1S/C16H20N4O2S/c1-19-8-5-12(9-14(19)21)15(22)18-16-17-13(11-23-16)10-20-6-3-2-4-7-20/h5,8-9,11H,2-4,6-7,10H2,1H3,(H,17,18,22). The first-order valence-corrected chi connectivity index (χ1v) is 8.64. The molecule has 1 aliphatic rings. The Morgan fingerprint density at radius 2 is 2.13 bits per heavy atom. The molecule has 0 atom stereocenters. The van der Waals surface area contributed by atoms with Gasteiger partial charge in [0.15, 0.2) is 5.13 Å². The van der Waals surface area contributed by atoms with Gasteiger partial charge in [-0.05, 0) is 32.0 Å². The number of hydrogen-bond donors (Lipinski definition) is 1. The number of nitrogens with one attached hydrogen (secondary N) is 1. The molecule has 23 heavy (non-hydrogen) atoms. The highest BCUT2D eigenvalue weighted by molar-refractivity contribution is 7.13. The number of rotatable bonds is 4. The molecule has 0 bridgehead atoms. The van der Waals surface area contributed by atoms with E-state index in [-0.39, 0.29) is 11.5 Å². The van der Waals surface area contributed by atoms with Gasteiger partial charge in [-0.1, -0.05) is 6.42 Å². The van der Waals surface area contributed by atoms with Crippen molar-refractivity contribution < 1.29 is 4.79 Å². The Hall–Kier alpha value is -1.99. The fourth-order valence-electron chi connectivity index (χ4n) is 2.64. The number of likely N-dealkylation sites (tertiary alicyclic amines) is 1. The number of nitrogens with zero attached hydrogens (tertiary/aromatic N) is 3. The van der Waals surface area contributed by atoms with Gasteiger partial charge in [-0.3, -0.25) is 19.8 Å². The number of carbonyl (C=O) groups is 1. The summed E-state index contributed by atoms with van der Waals surface area (Å²) in [6.45, 7) is 3.07. The smallest absolute Gasteiger partial charge is 0.257 e. The molecule has 1 aliphatic heterocycles. The third-order valence-corrected chi connectivity index (χ3v) is 4.78. The Morgan fingerprint density at radius 3 is 2.87 bits per heavy atom. The van der Waals surface area contributed by atoms with Crippen molar-refractivity contribution in [1.82, 2.24) is 14.5 Å². The minimum absolute atomic E-state index is 0.206. The summed E-state index contributed by atoms with van der Waals surface area (Å²) in [6.07, 6.45) is 5.39. The zero-order valence-corrected chi connectivity index (χ0v) is 13.9. The van der Waals surface area contributed by atoms with E-state index in [4.69, 9.17) is 0 Å².